The topological polar surface area (TPSA) is 9.23 Å². The molecule has 0 saturated heterocycles. The van der Waals surface area contributed by atoms with Crippen molar-refractivity contribution in [3.63, 3.8) is 0 Å². The highest BCUT2D eigenvalue weighted by Crippen LogP contribution is 2.27. The Morgan fingerprint density at radius 2 is 2.00 bits per heavy atom. The van der Waals surface area contributed by atoms with Gasteiger partial charge in [0.15, 0.2) is 5.05 Å². The fraction of sp³-hybridized carbons (Fsp3) is 0.900. The van der Waals surface area contributed by atoms with Gasteiger partial charge in [-0.15, -0.1) is 0 Å². The fourth-order valence-electron chi connectivity index (χ4n) is 1.90. The van der Waals surface area contributed by atoms with Crippen LogP contribution < -0.4 is 0 Å². The molecule has 70 valence electrons. The molecule has 1 rings (SSSR count). The number of hydrogen-bond donors (Lipinski definition) is 0. The molecule has 0 aromatic heterocycles. The van der Waals surface area contributed by atoms with Crippen molar-refractivity contribution in [3.8, 4) is 0 Å². The quantitative estimate of drug-likeness (QED) is 0.625. The van der Waals surface area contributed by atoms with E-state index in [0.29, 0.717) is 0 Å². The van der Waals surface area contributed by atoms with E-state index >= 15 is 0 Å². The standard InChI is InChI=1S/C10H18OS/c1-11-10(12)8-7-9-5-3-2-4-6-9/h9H,2-8H2,1H3. The van der Waals surface area contributed by atoms with Crippen LogP contribution in [0.2, 0.25) is 0 Å². The van der Waals surface area contributed by atoms with E-state index in [9.17, 15) is 0 Å². The van der Waals surface area contributed by atoms with Crippen LogP contribution in [-0.4, -0.2) is 12.2 Å². The fourth-order valence-corrected chi connectivity index (χ4v) is 2.02. The summed E-state index contributed by atoms with van der Waals surface area (Å²) >= 11 is 5.00. The molecule has 1 nitrogen and oxygen atoms in total. The Balaban J connectivity index is 2.09. The van der Waals surface area contributed by atoms with Gasteiger partial charge in [-0.05, 0) is 24.6 Å². The predicted molar refractivity (Wildman–Crippen MR) is 55.4 cm³/mol. The summed E-state index contributed by atoms with van der Waals surface area (Å²) in [7, 11) is 1.67. The van der Waals surface area contributed by atoms with E-state index < -0.39 is 0 Å². The van der Waals surface area contributed by atoms with Gasteiger partial charge in [-0.3, -0.25) is 0 Å². The molecule has 0 unspecified atom stereocenters. The van der Waals surface area contributed by atoms with Gasteiger partial charge in [-0.25, -0.2) is 0 Å². The Morgan fingerprint density at radius 1 is 1.33 bits per heavy atom. The number of methoxy groups -OCH3 is 1. The van der Waals surface area contributed by atoms with Crippen LogP contribution in [0.25, 0.3) is 0 Å². The Labute approximate surface area is 80.5 Å². The monoisotopic (exact) mass is 186 g/mol. The summed E-state index contributed by atoms with van der Waals surface area (Å²) in [6.45, 7) is 0. The first-order chi connectivity index (χ1) is 5.83. The van der Waals surface area contributed by atoms with Crippen molar-refractivity contribution < 1.29 is 4.74 Å². The second-order valence-electron chi connectivity index (χ2n) is 3.62. The minimum Gasteiger partial charge on any atom is -0.490 e. The van der Waals surface area contributed by atoms with Crippen molar-refractivity contribution in [3.05, 3.63) is 0 Å². The summed E-state index contributed by atoms with van der Waals surface area (Å²) < 4.78 is 4.97. The van der Waals surface area contributed by atoms with E-state index in [1.54, 1.807) is 7.11 Å². The first-order valence-electron chi connectivity index (χ1n) is 4.89. The second-order valence-corrected chi connectivity index (χ2v) is 4.07. The van der Waals surface area contributed by atoms with Crippen molar-refractivity contribution in [1.29, 1.82) is 0 Å². The lowest BCUT2D eigenvalue weighted by molar-refractivity contribution is 0.331. The zero-order valence-electron chi connectivity index (χ0n) is 7.84. The van der Waals surface area contributed by atoms with E-state index in [4.69, 9.17) is 17.0 Å². The number of ether oxygens (including phenoxy) is 1. The summed E-state index contributed by atoms with van der Waals surface area (Å²) in [5.74, 6) is 0.923. The average molecular weight is 186 g/mol. The van der Waals surface area contributed by atoms with Crippen LogP contribution in [0.3, 0.4) is 0 Å². The van der Waals surface area contributed by atoms with Gasteiger partial charge < -0.3 is 4.74 Å². The number of rotatable bonds is 3. The van der Waals surface area contributed by atoms with Crippen LogP contribution in [0.1, 0.15) is 44.9 Å². The first kappa shape index (κ1) is 9.97. The smallest absolute Gasteiger partial charge is 0.159 e. The minimum atomic E-state index is 0.778. The highest BCUT2D eigenvalue weighted by atomic mass is 32.1. The van der Waals surface area contributed by atoms with Gasteiger partial charge in [0.1, 0.15) is 0 Å². The predicted octanol–water partition coefficient (Wildman–Crippen LogP) is 3.32. The SMILES string of the molecule is COC(=S)CCC1CCCCC1. The third kappa shape index (κ3) is 3.53. The second kappa shape index (κ2) is 5.52. The average Bonchev–Trinajstić information content (AvgIpc) is 2.16. The van der Waals surface area contributed by atoms with E-state index in [1.165, 1.54) is 38.5 Å². The van der Waals surface area contributed by atoms with Gasteiger partial charge in [-0.1, -0.05) is 32.1 Å². The lowest BCUT2D eigenvalue weighted by atomic mass is 9.86. The molecule has 1 aliphatic carbocycles. The summed E-state index contributed by atoms with van der Waals surface area (Å²) in [6.07, 6.45) is 9.32. The van der Waals surface area contributed by atoms with Crippen molar-refractivity contribution in [1.82, 2.24) is 0 Å². The molecule has 1 saturated carbocycles. The van der Waals surface area contributed by atoms with E-state index in [-0.39, 0.29) is 0 Å². The van der Waals surface area contributed by atoms with Crippen LogP contribution in [0, 0.1) is 5.92 Å². The van der Waals surface area contributed by atoms with Gasteiger partial charge in [0, 0.05) is 6.42 Å². The molecular formula is C10H18OS. The Bertz CT molecular complexity index is 139. The highest BCUT2D eigenvalue weighted by Gasteiger charge is 2.13. The van der Waals surface area contributed by atoms with Gasteiger partial charge in [0.05, 0.1) is 7.11 Å². The largest absolute Gasteiger partial charge is 0.490 e. The lowest BCUT2D eigenvalue weighted by Crippen LogP contribution is -2.08. The summed E-state index contributed by atoms with van der Waals surface area (Å²) in [4.78, 5) is 0. The molecule has 0 spiro atoms. The van der Waals surface area contributed by atoms with E-state index in [1.807, 2.05) is 0 Å². The first-order valence-corrected chi connectivity index (χ1v) is 5.30. The van der Waals surface area contributed by atoms with Crippen LogP contribution in [0.4, 0.5) is 0 Å². The molecule has 0 radical (unpaired) electrons. The molecule has 0 aliphatic heterocycles. The zero-order valence-corrected chi connectivity index (χ0v) is 8.66. The molecule has 12 heavy (non-hydrogen) atoms. The number of thiocarbonyl (C=S) groups is 1. The van der Waals surface area contributed by atoms with Gasteiger partial charge >= 0.3 is 0 Å². The molecule has 0 atom stereocenters. The normalized spacial score (nSPS) is 19.1. The maximum atomic E-state index is 5.00. The van der Waals surface area contributed by atoms with Crippen LogP contribution in [0.5, 0.6) is 0 Å². The molecule has 0 amide bonds. The Kier molecular flexibility index (Phi) is 4.59. The molecule has 0 aromatic rings. The molecule has 1 fully saturated rings. The van der Waals surface area contributed by atoms with Gasteiger partial charge in [-0.2, -0.15) is 0 Å². The Hall–Kier alpha value is -0.110. The summed E-state index contributed by atoms with van der Waals surface area (Å²) in [5.41, 5.74) is 0. The molecule has 0 bridgehead atoms. The van der Waals surface area contributed by atoms with Gasteiger partial charge in [0.2, 0.25) is 0 Å². The number of hydrogen-bond acceptors (Lipinski definition) is 2. The van der Waals surface area contributed by atoms with E-state index in [2.05, 4.69) is 0 Å². The summed E-state index contributed by atoms with van der Waals surface area (Å²) in [5, 5.41) is 0.778. The van der Waals surface area contributed by atoms with Crippen molar-refractivity contribution in [2.45, 2.75) is 44.9 Å². The van der Waals surface area contributed by atoms with Gasteiger partial charge in [0.25, 0.3) is 0 Å². The van der Waals surface area contributed by atoms with Crippen LogP contribution >= 0.6 is 12.2 Å². The maximum Gasteiger partial charge on any atom is 0.159 e. The third-order valence-electron chi connectivity index (χ3n) is 2.71. The molecule has 1 aliphatic rings. The van der Waals surface area contributed by atoms with Crippen molar-refractivity contribution in [2.24, 2.45) is 5.92 Å². The van der Waals surface area contributed by atoms with Crippen molar-refractivity contribution >= 4 is 17.3 Å². The Morgan fingerprint density at radius 3 is 2.58 bits per heavy atom. The molecule has 0 heterocycles. The lowest BCUT2D eigenvalue weighted by Gasteiger charge is -2.21. The maximum absolute atomic E-state index is 5.00. The molecule has 0 aromatic carbocycles. The zero-order chi connectivity index (χ0) is 8.81. The van der Waals surface area contributed by atoms with Crippen LogP contribution in [0.15, 0.2) is 0 Å². The highest BCUT2D eigenvalue weighted by molar-refractivity contribution is 7.80. The third-order valence-corrected chi connectivity index (χ3v) is 3.08. The van der Waals surface area contributed by atoms with Crippen LogP contribution in [-0.2, 0) is 4.74 Å². The van der Waals surface area contributed by atoms with E-state index in [0.717, 1.165) is 17.4 Å². The summed E-state index contributed by atoms with van der Waals surface area (Å²) in [6, 6.07) is 0. The minimum absolute atomic E-state index is 0.778. The molecule has 2 heteroatoms. The molecule has 0 N–H and O–H groups in total. The molecular weight excluding hydrogens is 168 g/mol. The van der Waals surface area contributed by atoms with Crippen molar-refractivity contribution in [2.75, 3.05) is 7.11 Å².